The Morgan fingerprint density at radius 2 is 1.92 bits per heavy atom. The van der Waals surface area contributed by atoms with Crippen molar-refractivity contribution >= 4 is 44.2 Å². The summed E-state index contributed by atoms with van der Waals surface area (Å²) < 4.78 is 52.9. The van der Waals surface area contributed by atoms with Crippen LogP contribution in [-0.4, -0.2) is 10.9 Å². The minimum absolute atomic E-state index is 0.00385. The van der Waals surface area contributed by atoms with E-state index in [1.165, 1.54) is 30.3 Å². The van der Waals surface area contributed by atoms with Crippen LogP contribution >= 0.6 is 22.9 Å². The van der Waals surface area contributed by atoms with Crippen LogP contribution in [0.4, 0.5) is 22.7 Å². The van der Waals surface area contributed by atoms with E-state index in [0.717, 1.165) is 17.4 Å². The van der Waals surface area contributed by atoms with E-state index < -0.39 is 23.5 Å². The first-order valence-corrected chi connectivity index (χ1v) is 8.14. The molecule has 0 saturated heterocycles. The predicted molar refractivity (Wildman–Crippen MR) is 88.4 cm³/mol. The molecule has 0 saturated carbocycles. The number of rotatable bonds is 3. The SMILES string of the molecule is O=C(Cc1c(F)cccc1Cl)Nc1nc2c(C(F)(F)F)cccc2s1. The fourth-order valence-electron chi connectivity index (χ4n) is 2.26. The van der Waals surface area contributed by atoms with Gasteiger partial charge < -0.3 is 5.32 Å². The molecule has 0 radical (unpaired) electrons. The maximum atomic E-state index is 13.7. The predicted octanol–water partition coefficient (Wildman–Crippen LogP) is 5.29. The second-order valence-electron chi connectivity index (χ2n) is 5.09. The molecule has 0 atom stereocenters. The highest BCUT2D eigenvalue weighted by Crippen LogP contribution is 2.37. The lowest BCUT2D eigenvalue weighted by Crippen LogP contribution is -2.15. The Bertz CT molecular complexity index is 935. The number of hydrogen-bond donors (Lipinski definition) is 1. The van der Waals surface area contributed by atoms with Crippen LogP contribution in [-0.2, 0) is 17.4 Å². The minimum Gasteiger partial charge on any atom is -0.302 e. The Balaban J connectivity index is 1.85. The summed E-state index contributed by atoms with van der Waals surface area (Å²) in [6.07, 6.45) is -4.90. The Morgan fingerprint density at radius 3 is 2.60 bits per heavy atom. The molecule has 0 aliphatic carbocycles. The fourth-order valence-corrected chi connectivity index (χ4v) is 3.39. The number of carbonyl (C=O) groups excluding carboxylic acids is 1. The zero-order chi connectivity index (χ0) is 18.2. The van der Waals surface area contributed by atoms with Crippen molar-refractivity contribution in [2.75, 3.05) is 5.32 Å². The second-order valence-corrected chi connectivity index (χ2v) is 6.53. The van der Waals surface area contributed by atoms with Crippen molar-refractivity contribution in [1.82, 2.24) is 4.98 Å². The summed E-state index contributed by atoms with van der Waals surface area (Å²) in [5, 5.41) is 2.49. The normalized spacial score (nSPS) is 11.7. The highest BCUT2D eigenvalue weighted by atomic mass is 35.5. The number of para-hydroxylation sites is 1. The molecule has 1 heterocycles. The van der Waals surface area contributed by atoms with Crippen LogP contribution in [0.5, 0.6) is 0 Å². The molecule has 0 aliphatic rings. The number of benzene rings is 2. The van der Waals surface area contributed by atoms with Crippen LogP contribution in [0, 0.1) is 5.82 Å². The van der Waals surface area contributed by atoms with Crippen molar-refractivity contribution < 1.29 is 22.4 Å². The van der Waals surface area contributed by atoms with E-state index in [4.69, 9.17) is 11.6 Å². The van der Waals surface area contributed by atoms with Crippen molar-refractivity contribution in [1.29, 1.82) is 0 Å². The molecule has 0 bridgehead atoms. The number of nitrogens with one attached hydrogen (secondary N) is 1. The van der Waals surface area contributed by atoms with E-state index in [2.05, 4.69) is 10.3 Å². The summed E-state index contributed by atoms with van der Waals surface area (Å²) >= 11 is 6.76. The zero-order valence-corrected chi connectivity index (χ0v) is 13.9. The third-order valence-electron chi connectivity index (χ3n) is 3.37. The number of amides is 1. The number of halogens is 5. The van der Waals surface area contributed by atoms with Crippen molar-refractivity contribution in [2.24, 2.45) is 0 Å². The number of nitrogens with zero attached hydrogens (tertiary/aromatic N) is 1. The number of anilines is 1. The molecule has 3 rings (SSSR count). The summed E-state index contributed by atoms with van der Waals surface area (Å²) in [5.41, 5.74) is -1.10. The molecule has 130 valence electrons. The van der Waals surface area contributed by atoms with Gasteiger partial charge in [0.2, 0.25) is 5.91 Å². The summed E-state index contributed by atoms with van der Waals surface area (Å²) in [6.45, 7) is 0. The van der Waals surface area contributed by atoms with E-state index in [-0.39, 0.29) is 32.4 Å². The first-order chi connectivity index (χ1) is 11.8. The minimum atomic E-state index is -4.55. The first-order valence-electron chi connectivity index (χ1n) is 6.95. The molecular formula is C16H9ClF4N2OS. The molecule has 25 heavy (non-hydrogen) atoms. The van der Waals surface area contributed by atoms with Gasteiger partial charge in [0.25, 0.3) is 0 Å². The summed E-state index contributed by atoms with van der Waals surface area (Å²) in [6, 6.07) is 7.69. The Morgan fingerprint density at radius 1 is 1.20 bits per heavy atom. The molecule has 0 fully saturated rings. The molecule has 9 heteroatoms. The zero-order valence-electron chi connectivity index (χ0n) is 12.3. The van der Waals surface area contributed by atoms with Gasteiger partial charge in [0.15, 0.2) is 5.13 Å². The van der Waals surface area contributed by atoms with Crippen molar-refractivity contribution in [2.45, 2.75) is 12.6 Å². The topological polar surface area (TPSA) is 42.0 Å². The smallest absolute Gasteiger partial charge is 0.302 e. The molecule has 0 unspecified atom stereocenters. The second kappa shape index (κ2) is 6.61. The van der Waals surface area contributed by atoms with Crippen LogP contribution in [0.25, 0.3) is 10.2 Å². The number of carbonyl (C=O) groups is 1. The van der Waals surface area contributed by atoms with Gasteiger partial charge in [-0.25, -0.2) is 9.37 Å². The molecular weight excluding hydrogens is 380 g/mol. The van der Waals surface area contributed by atoms with Gasteiger partial charge in [-0.05, 0) is 24.3 Å². The first kappa shape index (κ1) is 17.6. The third kappa shape index (κ3) is 3.74. The van der Waals surface area contributed by atoms with E-state index in [1.54, 1.807) is 0 Å². The van der Waals surface area contributed by atoms with Gasteiger partial charge in [-0.3, -0.25) is 4.79 Å². The number of hydrogen-bond acceptors (Lipinski definition) is 3. The number of fused-ring (bicyclic) bond motifs is 1. The average molecular weight is 389 g/mol. The van der Waals surface area contributed by atoms with Gasteiger partial charge >= 0.3 is 6.18 Å². The van der Waals surface area contributed by atoms with E-state index in [9.17, 15) is 22.4 Å². The maximum Gasteiger partial charge on any atom is 0.418 e. The van der Waals surface area contributed by atoms with E-state index >= 15 is 0 Å². The molecule has 2 aromatic carbocycles. The summed E-state index contributed by atoms with van der Waals surface area (Å²) in [4.78, 5) is 15.9. The van der Waals surface area contributed by atoms with Gasteiger partial charge in [-0.15, -0.1) is 0 Å². The van der Waals surface area contributed by atoms with Gasteiger partial charge in [0.1, 0.15) is 5.82 Å². The maximum absolute atomic E-state index is 13.7. The Labute approximate surface area is 148 Å². The van der Waals surface area contributed by atoms with Gasteiger partial charge in [-0.2, -0.15) is 13.2 Å². The summed E-state index contributed by atoms with van der Waals surface area (Å²) in [7, 11) is 0. The highest BCUT2D eigenvalue weighted by Gasteiger charge is 2.33. The van der Waals surface area contributed by atoms with Crippen molar-refractivity contribution in [3.63, 3.8) is 0 Å². The molecule has 3 nitrogen and oxygen atoms in total. The van der Waals surface area contributed by atoms with E-state index in [1.807, 2.05) is 0 Å². The van der Waals surface area contributed by atoms with Crippen LogP contribution in [0.2, 0.25) is 5.02 Å². The largest absolute Gasteiger partial charge is 0.418 e. The number of thiazole rings is 1. The van der Waals surface area contributed by atoms with Gasteiger partial charge in [0.05, 0.1) is 22.2 Å². The van der Waals surface area contributed by atoms with Crippen LogP contribution in [0.3, 0.4) is 0 Å². The monoisotopic (exact) mass is 388 g/mol. The average Bonchev–Trinajstić information content (AvgIpc) is 2.92. The Kier molecular flexibility index (Phi) is 4.66. The number of aromatic nitrogens is 1. The standard InChI is InChI=1S/C16H9ClF4N2OS/c17-10-4-2-5-11(18)8(10)7-13(24)22-15-23-14-9(16(19,20)21)3-1-6-12(14)25-15/h1-6H,7H2,(H,22,23,24). The Hall–Kier alpha value is -2.19. The molecule has 0 spiro atoms. The number of alkyl halides is 3. The lowest BCUT2D eigenvalue weighted by Gasteiger charge is -2.06. The molecule has 1 aromatic heterocycles. The fraction of sp³-hybridized carbons (Fsp3) is 0.125. The molecule has 0 aliphatic heterocycles. The van der Waals surface area contributed by atoms with E-state index in [0.29, 0.717) is 0 Å². The van der Waals surface area contributed by atoms with Crippen molar-refractivity contribution in [3.8, 4) is 0 Å². The summed E-state index contributed by atoms with van der Waals surface area (Å²) in [5.74, 6) is -1.26. The van der Waals surface area contributed by atoms with Gasteiger partial charge in [0, 0.05) is 10.6 Å². The van der Waals surface area contributed by atoms with Crippen molar-refractivity contribution in [3.05, 3.63) is 58.4 Å². The van der Waals surface area contributed by atoms with Crippen LogP contribution in [0.15, 0.2) is 36.4 Å². The highest BCUT2D eigenvalue weighted by molar-refractivity contribution is 7.22. The lowest BCUT2D eigenvalue weighted by molar-refractivity contribution is -0.136. The lowest BCUT2D eigenvalue weighted by atomic mass is 10.1. The quantitative estimate of drug-likeness (QED) is 0.619. The molecule has 1 N–H and O–H groups in total. The molecule has 3 aromatic rings. The third-order valence-corrected chi connectivity index (χ3v) is 4.66. The molecule has 1 amide bonds. The van der Waals surface area contributed by atoms with Crippen LogP contribution < -0.4 is 5.32 Å². The van der Waals surface area contributed by atoms with Crippen LogP contribution in [0.1, 0.15) is 11.1 Å². The van der Waals surface area contributed by atoms with Gasteiger partial charge in [-0.1, -0.05) is 35.1 Å².